The van der Waals surface area contributed by atoms with E-state index >= 15 is 0 Å². The molecule has 0 unspecified atom stereocenters. The molecule has 0 atom stereocenters. The molecule has 1 fully saturated rings. The van der Waals surface area contributed by atoms with Gasteiger partial charge in [0.05, 0.1) is 11.1 Å². The molecule has 0 saturated heterocycles. The Balaban J connectivity index is 1.77. The molecule has 2 N–H and O–H groups in total. The zero-order valence-corrected chi connectivity index (χ0v) is 15.4. The number of nitrogens with zero attached hydrogens (tertiary/aromatic N) is 1. The van der Waals surface area contributed by atoms with E-state index in [4.69, 9.17) is 0 Å². The predicted molar refractivity (Wildman–Crippen MR) is 97.5 cm³/mol. The van der Waals surface area contributed by atoms with Crippen molar-refractivity contribution < 1.29 is 22.8 Å². The fourth-order valence-electron chi connectivity index (χ4n) is 2.80. The van der Waals surface area contributed by atoms with E-state index in [1.54, 1.807) is 19.9 Å². The van der Waals surface area contributed by atoms with E-state index in [9.17, 15) is 22.8 Å². The van der Waals surface area contributed by atoms with Crippen LogP contribution >= 0.6 is 0 Å². The zero-order chi connectivity index (χ0) is 20.5. The van der Waals surface area contributed by atoms with Crippen molar-refractivity contribution in [1.82, 2.24) is 10.3 Å². The van der Waals surface area contributed by atoms with Crippen molar-refractivity contribution >= 4 is 17.6 Å². The van der Waals surface area contributed by atoms with Crippen molar-refractivity contribution in [2.75, 3.05) is 5.32 Å². The molecule has 1 saturated carbocycles. The number of rotatable bonds is 5. The van der Waals surface area contributed by atoms with Crippen molar-refractivity contribution in [3.63, 3.8) is 0 Å². The number of anilines is 1. The highest BCUT2D eigenvalue weighted by atomic mass is 19.4. The summed E-state index contributed by atoms with van der Waals surface area (Å²) < 4.78 is 38.9. The van der Waals surface area contributed by atoms with Gasteiger partial charge in [-0.05, 0) is 42.7 Å². The number of benzene rings is 1. The van der Waals surface area contributed by atoms with Crippen molar-refractivity contribution in [2.45, 2.75) is 38.4 Å². The number of hydrogen-bond donors (Lipinski definition) is 2. The van der Waals surface area contributed by atoms with Crippen molar-refractivity contribution in [3.05, 3.63) is 59.3 Å². The van der Waals surface area contributed by atoms with Crippen LogP contribution in [0.1, 0.15) is 48.2 Å². The van der Waals surface area contributed by atoms with Crippen LogP contribution in [0.15, 0.2) is 42.6 Å². The minimum atomic E-state index is -4.44. The first-order chi connectivity index (χ1) is 13.1. The van der Waals surface area contributed by atoms with E-state index < -0.39 is 23.2 Å². The van der Waals surface area contributed by atoms with Crippen LogP contribution in [-0.4, -0.2) is 16.8 Å². The van der Waals surface area contributed by atoms with Gasteiger partial charge in [-0.1, -0.05) is 26.0 Å². The first-order valence-electron chi connectivity index (χ1n) is 8.88. The number of carbonyl (C=O) groups excluding carboxylic acids is 2. The second kappa shape index (κ2) is 7.26. The third-order valence-corrected chi connectivity index (χ3v) is 4.64. The number of amides is 2. The third kappa shape index (κ3) is 4.32. The summed E-state index contributed by atoms with van der Waals surface area (Å²) in [5.74, 6) is -0.657. The Morgan fingerprint density at radius 3 is 2.46 bits per heavy atom. The van der Waals surface area contributed by atoms with E-state index in [0.29, 0.717) is 18.4 Å². The smallest absolute Gasteiger partial charge is 0.343 e. The van der Waals surface area contributed by atoms with Crippen LogP contribution < -0.4 is 10.6 Å². The Bertz CT molecular complexity index is 906. The first-order valence-corrected chi connectivity index (χ1v) is 8.88. The van der Waals surface area contributed by atoms with Crippen LogP contribution in [0.2, 0.25) is 0 Å². The molecule has 0 aliphatic heterocycles. The molecule has 148 valence electrons. The quantitative estimate of drug-likeness (QED) is 0.806. The number of carbonyl (C=O) groups is 2. The average molecular weight is 391 g/mol. The van der Waals surface area contributed by atoms with Gasteiger partial charge in [0.1, 0.15) is 5.82 Å². The summed E-state index contributed by atoms with van der Waals surface area (Å²) >= 11 is 0. The summed E-state index contributed by atoms with van der Waals surface area (Å²) in [7, 11) is 0. The van der Waals surface area contributed by atoms with Gasteiger partial charge in [0, 0.05) is 17.7 Å². The molecule has 2 aromatic rings. The fraction of sp³-hybridized carbons (Fsp3) is 0.350. The van der Waals surface area contributed by atoms with Crippen LogP contribution in [0.5, 0.6) is 0 Å². The van der Waals surface area contributed by atoms with Crippen LogP contribution in [0.25, 0.3) is 0 Å². The number of halogens is 3. The average Bonchev–Trinajstić information content (AvgIpc) is 3.42. The summed E-state index contributed by atoms with van der Waals surface area (Å²) in [6.45, 7) is 3.47. The lowest BCUT2D eigenvalue weighted by molar-refractivity contribution is -0.137. The molecule has 1 aromatic carbocycles. The highest BCUT2D eigenvalue weighted by Crippen LogP contribution is 2.46. The molecule has 1 heterocycles. The van der Waals surface area contributed by atoms with Gasteiger partial charge in [-0.3, -0.25) is 9.59 Å². The molecular formula is C20H20F3N3O2. The van der Waals surface area contributed by atoms with E-state index in [1.807, 2.05) is 0 Å². The Morgan fingerprint density at radius 2 is 1.86 bits per heavy atom. The maximum atomic E-state index is 13.0. The van der Waals surface area contributed by atoms with Crippen molar-refractivity contribution in [3.8, 4) is 0 Å². The highest BCUT2D eigenvalue weighted by molar-refractivity contribution is 5.97. The number of alkyl halides is 3. The Morgan fingerprint density at radius 1 is 1.14 bits per heavy atom. The standard InChI is InChI=1S/C20H20F3N3O2/c1-12(2)17(27)25-16-10-13(6-9-24-16)18(28)26-19(7-8-19)14-4-3-5-15(11-14)20(21,22)23/h3-6,9-12H,7-8H2,1-2H3,(H,26,28)(H,24,25,27). The number of nitrogens with one attached hydrogen (secondary N) is 2. The minimum absolute atomic E-state index is 0.229. The maximum Gasteiger partial charge on any atom is 0.416 e. The van der Waals surface area contributed by atoms with Crippen LogP contribution in [0.3, 0.4) is 0 Å². The molecule has 28 heavy (non-hydrogen) atoms. The maximum absolute atomic E-state index is 13.0. The molecular weight excluding hydrogens is 371 g/mol. The molecule has 0 radical (unpaired) electrons. The molecule has 0 bridgehead atoms. The Hall–Kier alpha value is -2.90. The summed E-state index contributed by atoms with van der Waals surface area (Å²) in [5, 5.41) is 5.45. The molecule has 1 aromatic heterocycles. The van der Waals surface area contributed by atoms with Gasteiger partial charge in [0.25, 0.3) is 5.91 Å². The molecule has 8 heteroatoms. The number of pyridine rings is 1. The van der Waals surface area contributed by atoms with Crippen LogP contribution in [-0.2, 0) is 16.5 Å². The third-order valence-electron chi connectivity index (χ3n) is 4.64. The lowest BCUT2D eigenvalue weighted by atomic mass is 10.0. The van der Waals surface area contributed by atoms with Gasteiger partial charge in [-0.2, -0.15) is 13.2 Å². The SMILES string of the molecule is CC(C)C(=O)Nc1cc(C(=O)NC2(c3cccc(C(F)(F)F)c3)CC2)ccn1. The first kappa shape index (κ1) is 19.9. The van der Waals surface area contributed by atoms with Crippen molar-refractivity contribution in [1.29, 1.82) is 0 Å². The fourth-order valence-corrected chi connectivity index (χ4v) is 2.80. The normalized spacial score (nSPS) is 15.2. The molecule has 3 rings (SSSR count). The molecule has 1 aliphatic carbocycles. The minimum Gasteiger partial charge on any atom is -0.343 e. The summed E-state index contributed by atoms with van der Waals surface area (Å²) in [5.41, 5.74) is -0.846. The second-order valence-corrected chi connectivity index (χ2v) is 7.19. The Labute approximate surface area is 160 Å². The molecule has 1 aliphatic rings. The van der Waals surface area contributed by atoms with E-state index in [-0.39, 0.29) is 23.2 Å². The molecule has 2 amide bonds. The van der Waals surface area contributed by atoms with E-state index in [0.717, 1.165) is 12.1 Å². The predicted octanol–water partition coefficient (Wildman–Crippen LogP) is 4.11. The molecule has 5 nitrogen and oxygen atoms in total. The summed E-state index contributed by atoms with van der Waals surface area (Å²) in [6, 6.07) is 7.95. The second-order valence-electron chi connectivity index (χ2n) is 7.19. The lowest BCUT2D eigenvalue weighted by Gasteiger charge is -2.19. The Kier molecular flexibility index (Phi) is 5.14. The largest absolute Gasteiger partial charge is 0.416 e. The van der Waals surface area contributed by atoms with Gasteiger partial charge in [-0.15, -0.1) is 0 Å². The van der Waals surface area contributed by atoms with Gasteiger partial charge in [0.2, 0.25) is 5.91 Å². The zero-order valence-electron chi connectivity index (χ0n) is 15.4. The summed E-state index contributed by atoms with van der Waals surface area (Å²) in [6.07, 6.45) is -1.93. The van der Waals surface area contributed by atoms with Gasteiger partial charge in [-0.25, -0.2) is 4.98 Å². The monoisotopic (exact) mass is 391 g/mol. The van der Waals surface area contributed by atoms with E-state index in [1.165, 1.54) is 24.4 Å². The van der Waals surface area contributed by atoms with Crippen molar-refractivity contribution in [2.24, 2.45) is 5.92 Å². The topological polar surface area (TPSA) is 71.1 Å². The number of aromatic nitrogens is 1. The van der Waals surface area contributed by atoms with E-state index in [2.05, 4.69) is 15.6 Å². The van der Waals surface area contributed by atoms with Gasteiger partial charge < -0.3 is 10.6 Å². The molecule has 0 spiro atoms. The number of hydrogen-bond acceptors (Lipinski definition) is 3. The van der Waals surface area contributed by atoms with Crippen LogP contribution in [0, 0.1) is 5.92 Å². The highest BCUT2D eigenvalue weighted by Gasteiger charge is 2.46. The van der Waals surface area contributed by atoms with Gasteiger partial charge >= 0.3 is 6.18 Å². The van der Waals surface area contributed by atoms with Crippen LogP contribution in [0.4, 0.5) is 19.0 Å². The lowest BCUT2D eigenvalue weighted by Crippen LogP contribution is -2.35. The summed E-state index contributed by atoms with van der Waals surface area (Å²) in [4.78, 5) is 28.5. The van der Waals surface area contributed by atoms with Gasteiger partial charge in [0.15, 0.2) is 0 Å².